The van der Waals surface area contributed by atoms with E-state index in [1.165, 1.54) is 14.0 Å². The van der Waals surface area contributed by atoms with Crippen molar-refractivity contribution < 1.29 is 41.0 Å². The van der Waals surface area contributed by atoms with E-state index in [9.17, 15) is 31.5 Å². The smallest absolute Gasteiger partial charge is 0.384 e. The second-order valence-corrected chi connectivity index (χ2v) is 8.98. The summed E-state index contributed by atoms with van der Waals surface area (Å²) < 4.78 is 72.4. The first-order valence-electron chi connectivity index (χ1n) is 11.8. The standard InChI is InChI=1S/C16H21F3N2O2.C4H6F2N2O.C4H8N2O/c1-15(2,16(17,18)19)23-9-7-14-20-12-5-4-11(6-8-22-3)10-13(12)21-14;5-4(6)1-7-3(9)8-2-4;1-3(5)4(7)6-2/h4-5,10H,6-9H2,1-3H3,(H,20,21);1-2H2,(H2,7,8,9);5H,1-2H3,(H,6,7). The van der Waals surface area contributed by atoms with E-state index in [2.05, 4.69) is 15.3 Å². The fraction of sp³-hybridized carbons (Fsp3) is 0.583. The molecule has 0 aliphatic carbocycles. The number of fused-ring (bicyclic) bond motifs is 1. The van der Waals surface area contributed by atoms with Gasteiger partial charge in [-0.1, -0.05) is 6.07 Å². The van der Waals surface area contributed by atoms with Gasteiger partial charge in [-0.05, 0) is 44.9 Å². The molecule has 2 aromatic rings. The Morgan fingerprint density at radius 3 is 2.23 bits per heavy atom. The molecule has 3 amide bonds. The van der Waals surface area contributed by atoms with Gasteiger partial charge in [0.05, 0.1) is 43.0 Å². The largest absolute Gasteiger partial charge is 0.416 e. The number of aromatic nitrogens is 2. The molecule has 39 heavy (non-hydrogen) atoms. The van der Waals surface area contributed by atoms with Crippen LogP contribution in [0.2, 0.25) is 0 Å². The zero-order chi connectivity index (χ0) is 29.9. The van der Waals surface area contributed by atoms with Crippen molar-refractivity contribution in [2.24, 2.45) is 0 Å². The average molecular weight is 567 g/mol. The molecular weight excluding hydrogens is 531 g/mol. The van der Waals surface area contributed by atoms with Crippen molar-refractivity contribution in [1.82, 2.24) is 25.9 Å². The van der Waals surface area contributed by atoms with Crippen LogP contribution in [0.1, 0.15) is 32.2 Å². The molecule has 1 aromatic carbocycles. The number of rotatable bonds is 8. The molecule has 0 unspecified atom stereocenters. The predicted octanol–water partition coefficient (Wildman–Crippen LogP) is 3.36. The normalized spacial score (nSPS) is 14.7. The Balaban J connectivity index is 0.000000388. The summed E-state index contributed by atoms with van der Waals surface area (Å²) in [5, 5.41) is 12.9. The zero-order valence-corrected chi connectivity index (χ0v) is 22.4. The summed E-state index contributed by atoms with van der Waals surface area (Å²) in [5.74, 6) is -2.49. The summed E-state index contributed by atoms with van der Waals surface area (Å²) in [6.07, 6.45) is -3.30. The van der Waals surface area contributed by atoms with Gasteiger partial charge < -0.3 is 30.4 Å². The van der Waals surface area contributed by atoms with Gasteiger partial charge in [-0.2, -0.15) is 13.2 Å². The molecule has 0 bridgehead atoms. The van der Waals surface area contributed by atoms with Gasteiger partial charge in [-0.25, -0.2) is 18.6 Å². The third-order valence-electron chi connectivity index (χ3n) is 5.26. The van der Waals surface area contributed by atoms with E-state index in [0.717, 1.165) is 36.9 Å². The highest BCUT2D eigenvalue weighted by Gasteiger charge is 2.48. The molecule has 0 saturated carbocycles. The number of nitrogens with zero attached hydrogens (tertiary/aromatic N) is 1. The number of urea groups is 1. The van der Waals surface area contributed by atoms with Gasteiger partial charge in [0.15, 0.2) is 5.60 Å². The molecule has 220 valence electrons. The van der Waals surface area contributed by atoms with Crippen LogP contribution < -0.4 is 16.0 Å². The van der Waals surface area contributed by atoms with Crippen LogP contribution in [0.4, 0.5) is 26.7 Å². The quantitative estimate of drug-likeness (QED) is 0.246. The van der Waals surface area contributed by atoms with Gasteiger partial charge in [0.2, 0.25) is 0 Å². The first kappa shape index (κ1) is 33.7. The van der Waals surface area contributed by atoms with E-state index in [1.54, 1.807) is 7.11 Å². The van der Waals surface area contributed by atoms with E-state index in [-0.39, 0.29) is 18.2 Å². The van der Waals surface area contributed by atoms with Crippen LogP contribution in [0.5, 0.6) is 0 Å². The summed E-state index contributed by atoms with van der Waals surface area (Å²) in [7, 11) is 3.15. The zero-order valence-electron chi connectivity index (χ0n) is 22.4. The number of amides is 3. The molecule has 1 aliphatic heterocycles. The topological polar surface area (TPSA) is 141 Å². The second kappa shape index (κ2) is 14.7. The summed E-state index contributed by atoms with van der Waals surface area (Å²) in [5.41, 5.74) is 0.651. The molecular formula is C24H35F5N6O4. The number of nitrogens with one attached hydrogen (secondary N) is 5. The second-order valence-electron chi connectivity index (χ2n) is 8.98. The Labute approximate surface area is 222 Å². The van der Waals surface area contributed by atoms with Gasteiger partial charge in [-0.15, -0.1) is 0 Å². The number of aromatic amines is 1. The van der Waals surface area contributed by atoms with Crippen molar-refractivity contribution in [2.75, 3.05) is 40.5 Å². The highest BCUT2D eigenvalue weighted by Crippen LogP contribution is 2.32. The third-order valence-corrected chi connectivity index (χ3v) is 5.26. The minimum Gasteiger partial charge on any atom is -0.384 e. The van der Waals surface area contributed by atoms with Crippen LogP contribution in [0.25, 0.3) is 11.0 Å². The van der Waals surface area contributed by atoms with Gasteiger partial charge in [-0.3, -0.25) is 10.2 Å². The highest BCUT2D eigenvalue weighted by atomic mass is 19.4. The molecule has 0 radical (unpaired) electrons. The maximum absolute atomic E-state index is 12.7. The maximum atomic E-state index is 12.7. The molecule has 1 aromatic heterocycles. The van der Waals surface area contributed by atoms with Crippen molar-refractivity contribution in [1.29, 1.82) is 5.41 Å². The third kappa shape index (κ3) is 11.9. The number of halogens is 5. The summed E-state index contributed by atoms with van der Waals surface area (Å²) in [4.78, 5) is 27.9. The van der Waals surface area contributed by atoms with Crippen LogP contribution in [0.3, 0.4) is 0 Å². The summed E-state index contributed by atoms with van der Waals surface area (Å²) in [6, 6.07) is 5.31. The van der Waals surface area contributed by atoms with E-state index < -0.39 is 36.8 Å². The molecule has 5 N–H and O–H groups in total. The minimum absolute atomic E-state index is 0.0440. The lowest BCUT2D eigenvalue weighted by molar-refractivity contribution is -0.263. The number of alkyl halides is 5. The average Bonchev–Trinajstić information content (AvgIpc) is 3.26. The lowest BCUT2D eigenvalue weighted by Gasteiger charge is -2.27. The number of hydrogen-bond donors (Lipinski definition) is 5. The van der Waals surface area contributed by atoms with E-state index >= 15 is 0 Å². The van der Waals surface area contributed by atoms with Gasteiger partial charge in [0.25, 0.3) is 11.8 Å². The number of carbonyl (C=O) groups is 2. The fourth-order valence-corrected chi connectivity index (χ4v) is 2.82. The molecule has 1 aliphatic rings. The Kier molecular flexibility index (Phi) is 12.7. The summed E-state index contributed by atoms with van der Waals surface area (Å²) >= 11 is 0. The monoisotopic (exact) mass is 566 g/mol. The van der Waals surface area contributed by atoms with Gasteiger partial charge in [0.1, 0.15) is 5.82 Å². The number of imidazole rings is 1. The number of benzene rings is 1. The lowest BCUT2D eigenvalue weighted by Crippen LogP contribution is -2.54. The predicted molar refractivity (Wildman–Crippen MR) is 135 cm³/mol. The summed E-state index contributed by atoms with van der Waals surface area (Å²) in [6.45, 7) is 2.95. The van der Waals surface area contributed by atoms with E-state index in [4.69, 9.17) is 14.9 Å². The van der Waals surface area contributed by atoms with Crippen molar-refractivity contribution >= 4 is 28.7 Å². The van der Waals surface area contributed by atoms with Crippen LogP contribution in [-0.4, -0.2) is 85.8 Å². The lowest BCUT2D eigenvalue weighted by atomic mass is 10.1. The number of ether oxygens (including phenoxy) is 2. The SMILES string of the molecule is CNC(=O)C(C)=N.COCCc1ccc2nc(CCOC(C)(C)C(F)(F)F)[nH]c2c1.O=C1NCC(F)(F)CN1. The molecule has 10 nitrogen and oxygen atoms in total. The molecule has 3 rings (SSSR count). The first-order chi connectivity index (χ1) is 18.0. The maximum Gasteiger partial charge on any atom is 0.416 e. The minimum atomic E-state index is -4.39. The van der Waals surface area contributed by atoms with Crippen LogP contribution >= 0.6 is 0 Å². The van der Waals surface area contributed by atoms with E-state index in [0.29, 0.717) is 18.9 Å². The van der Waals surface area contributed by atoms with Crippen molar-refractivity contribution in [3.8, 4) is 0 Å². The Bertz CT molecular complexity index is 1090. The molecule has 1 saturated heterocycles. The molecule has 15 heteroatoms. The molecule has 0 spiro atoms. The van der Waals surface area contributed by atoms with Crippen molar-refractivity contribution in [3.63, 3.8) is 0 Å². The molecule has 2 heterocycles. The Morgan fingerprint density at radius 1 is 1.15 bits per heavy atom. The molecule has 1 fully saturated rings. The van der Waals surface area contributed by atoms with Crippen molar-refractivity contribution in [2.45, 2.75) is 51.3 Å². The Hall–Kier alpha value is -3.33. The van der Waals surface area contributed by atoms with Crippen LogP contribution in [0.15, 0.2) is 18.2 Å². The Morgan fingerprint density at radius 2 is 1.77 bits per heavy atom. The van der Waals surface area contributed by atoms with E-state index in [1.807, 2.05) is 28.8 Å². The highest BCUT2D eigenvalue weighted by molar-refractivity contribution is 6.36. The van der Waals surface area contributed by atoms with Crippen molar-refractivity contribution in [3.05, 3.63) is 29.6 Å². The van der Waals surface area contributed by atoms with Crippen LogP contribution in [-0.2, 0) is 27.1 Å². The van der Waals surface area contributed by atoms with Crippen LogP contribution in [0, 0.1) is 5.41 Å². The van der Waals surface area contributed by atoms with Gasteiger partial charge in [0, 0.05) is 20.6 Å². The first-order valence-corrected chi connectivity index (χ1v) is 11.8. The molecule has 0 atom stereocenters. The number of carbonyl (C=O) groups excluding carboxylic acids is 2. The number of hydrogen-bond acceptors (Lipinski definition) is 6. The number of methoxy groups -OCH3 is 1. The number of H-pyrrole nitrogens is 1. The fourth-order valence-electron chi connectivity index (χ4n) is 2.82. The van der Waals surface area contributed by atoms with Gasteiger partial charge >= 0.3 is 12.2 Å².